The second-order valence-electron chi connectivity index (χ2n) is 5.81. The SMILES string of the molecule is CC[C@H](C)[C@H](NC(=O)CSc1nc2ccc(C)cc2[nH]1)C(=O)OC. The number of aromatic amines is 1. The van der Waals surface area contributed by atoms with Crippen molar-refractivity contribution < 1.29 is 14.3 Å². The number of nitrogens with zero attached hydrogens (tertiary/aromatic N) is 1. The second-order valence-corrected chi connectivity index (χ2v) is 6.77. The highest BCUT2D eigenvalue weighted by Gasteiger charge is 2.26. The van der Waals surface area contributed by atoms with Gasteiger partial charge in [-0.25, -0.2) is 9.78 Å². The average Bonchev–Trinajstić information content (AvgIpc) is 2.98. The number of benzene rings is 1. The number of carbonyl (C=O) groups is 2. The van der Waals surface area contributed by atoms with E-state index in [1.807, 2.05) is 39.0 Å². The van der Waals surface area contributed by atoms with Crippen molar-refractivity contribution in [2.45, 2.75) is 38.4 Å². The Morgan fingerprint density at radius 2 is 2.17 bits per heavy atom. The maximum Gasteiger partial charge on any atom is 0.328 e. The summed E-state index contributed by atoms with van der Waals surface area (Å²) in [6.07, 6.45) is 0.774. The van der Waals surface area contributed by atoms with Gasteiger partial charge < -0.3 is 15.0 Å². The summed E-state index contributed by atoms with van der Waals surface area (Å²) >= 11 is 1.31. The number of esters is 1. The summed E-state index contributed by atoms with van der Waals surface area (Å²) in [6.45, 7) is 5.90. The van der Waals surface area contributed by atoms with Crippen LogP contribution < -0.4 is 5.32 Å². The van der Waals surface area contributed by atoms with Crippen LogP contribution in [0.3, 0.4) is 0 Å². The van der Waals surface area contributed by atoms with Crippen molar-refractivity contribution in [1.82, 2.24) is 15.3 Å². The molecule has 2 aromatic rings. The van der Waals surface area contributed by atoms with Gasteiger partial charge >= 0.3 is 5.97 Å². The van der Waals surface area contributed by atoms with Gasteiger partial charge in [0, 0.05) is 0 Å². The van der Waals surface area contributed by atoms with Gasteiger partial charge in [-0.15, -0.1) is 0 Å². The first kappa shape index (κ1) is 18.3. The molecule has 0 aliphatic heterocycles. The van der Waals surface area contributed by atoms with Crippen molar-refractivity contribution in [3.05, 3.63) is 23.8 Å². The molecule has 0 bridgehead atoms. The standard InChI is InChI=1S/C17H23N3O3S/c1-5-11(3)15(16(22)23-4)20-14(21)9-24-17-18-12-7-6-10(2)8-13(12)19-17/h6-8,11,15H,5,9H2,1-4H3,(H,18,19)(H,20,21)/t11-,15-/m0/s1. The summed E-state index contributed by atoms with van der Waals surface area (Å²) < 4.78 is 4.77. The minimum absolute atomic E-state index is 0.0144. The van der Waals surface area contributed by atoms with Gasteiger partial charge in [0.2, 0.25) is 5.91 Å². The third kappa shape index (κ3) is 4.50. The molecule has 24 heavy (non-hydrogen) atoms. The lowest BCUT2D eigenvalue weighted by Crippen LogP contribution is -2.46. The number of fused-ring (bicyclic) bond motifs is 1. The maximum absolute atomic E-state index is 12.2. The fourth-order valence-corrected chi connectivity index (χ4v) is 3.01. The number of thioether (sulfide) groups is 1. The molecule has 0 saturated carbocycles. The topological polar surface area (TPSA) is 84.1 Å². The largest absolute Gasteiger partial charge is 0.467 e. The number of hydrogen-bond acceptors (Lipinski definition) is 5. The van der Waals surface area contributed by atoms with E-state index in [2.05, 4.69) is 15.3 Å². The van der Waals surface area contributed by atoms with Crippen LogP contribution in [0.5, 0.6) is 0 Å². The lowest BCUT2D eigenvalue weighted by molar-refractivity contribution is -0.146. The fourth-order valence-electron chi connectivity index (χ4n) is 2.31. The Morgan fingerprint density at radius 3 is 2.83 bits per heavy atom. The Bertz CT molecular complexity index is 729. The lowest BCUT2D eigenvalue weighted by Gasteiger charge is -2.21. The van der Waals surface area contributed by atoms with Crippen LogP contribution in [0.4, 0.5) is 0 Å². The summed E-state index contributed by atoms with van der Waals surface area (Å²) in [7, 11) is 1.33. The van der Waals surface area contributed by atoms with Gasteiger partial charge in [0.15, 0.2) is 5.16 Å². The Labute approximate surface area is 145 Å². The first-order chi connectivity index (χ1) is 11.4. The average molecular weight is 349 g/mol. The normalized spacial score (nSPS) is 13.5. The van der Waals surface area contributed by atoms with Gasteiger partial charge in [-0.3, -0.25) is 4.79 Å². The van der Waals surface area contributed by atoms with Crippen LogP contribution in [-0.4, -0.2) is 40.7 Å². The molecule has 0 aliphatic carbocycles. The van der Waals surface area contributed by atoms with Crippen molar-refractivity contribution >= 4 is 34.7 Å². The molecular formula is C17H23N3O3S. The van der Waals surface area contributed by atoms with E-state index < -0.39 is 12.0 Å². The molecule has 0 unspecified atom stereocenters. The highest BCUT2D eigenvalue weighted by Crippen LogP contribution is 2.20. The number of aromatic nitrogens is 2. The summed E-state index contributed by atoms with van der Waals surface area (Å²) in [5.41, 5.74) is 2.97. The molecular weight excluding hydrogens is 326 g/mol. The van der Waals surface area contributed by atoms with Crippen molar-refractivity contribution in [2.24, 2.45) is 5.92 Å². The molecule has 0 fully saturated rings. The summed E-state index contributed by atoms with van der Waals surface area (Å²) in [4.78, 5) is 31.6. The number of aryl methyl sites for hydroxylation is 1. The van der Waals surface area contributed by atoms with Gasteiger partial charge in [-0.2, -0.15) is 0 Å². The van der Waals surface area contributed by atoms with E-state index in [1.165, 1.54) is 18.9 Å². The molecule has 7 heteroatoms. The molecule has 1 aromatic carbocycles. The molecule has 2 atom stereocenters. The van der Waals surface area contributed by atoms with Crippen LogP contribution >= 0.6 is 11.8 Å². The van der Waals surface area contributed by atoms with E-state index in [4.69, 9.17) is 4.74 Å². The molecule has 0 spiro atoms. The number of nitrogens with one attached hydrogen (secondary N) is 2. The maximum atomic E-state index is 12.2. The zero-order valence-corrected chi connectivity index (χ0v) is 15.2. The van der Waals surface area contributed by atoms with Crippen LogP contribution in [0.25, 0.3) is 11.0 Å². The van der Waals surface area contributed by atoms with Gasteiger partial charge in [0.05, 0.1) is 23.9 Å². The van der Waals surface area contributed by atoms with Crippen LogP contribution in [0.2, 0.25) is 0 Å². The third-order valence-electron chi connectivity index (χ3n) is 3.94. The van der Waals surface area contributed by atoms with Crippen LogP contribution in [0.1, 0.15) is 25.8 Å². The molecule has 2 N–H and O–H groups in total. The summed E-state index contributed by atoms with van der Waals surface area (Å²) in [5, 5.41) is 3.44. The van der Waals surface area contributed by atoms with Crippen molar-refractivity contribution in [3.8, 4) is 0 Å². The molecule has 130 valence electrons. The van der Waals surface area contributed by atoms with Gasteiger partial charge in [0.1, 0.15) is 6.04 Å². The lowest BCUT2D eigenvalue weighted by atomic mass is 9.99. The van der Waals surface area contributed by atoms with E-state index in [1.54, 1.807) is 0 Å². The predicted octanol–water partition coefficient (Wildman–Crippen LogP) is 2.67. The number of H-pyrrole nitrogens is 1. The molecule has 0 aliphatic rings. The van der Waals surface area contributed by atoms with E-state index in [0.29, 0.717) is 5.16 Å². The number of imidazole rings is 1. The first-order valence-corrected chi connectivity index (χ1v) is 8.89. The summed E-state index contributed by atoms with van der Waals surface area (Å²) in [5.74, 6) is -0.433. The molecule has 0 saturated heterocycles. The third-order valence-corrected chi connectivity index (χ3v) is 4.81. The zero-order valence-electron chi connectivity index (χ0n) is 14.4. The minimum atomic E-state index is -0.619. The Morgan fingerprint density at radius 1 is 1.42 bits per heavy atom. The van der Waals surface area contributed by atoms with Gasteiger partial charge in [0.25, 0.3) is 0 Å². The smallest absolute Gasteiger partial charge is 0.328 e. The number of carbonyl (C=O) groups excluding carboxylic acids is 2. The number of ether oxygens (including phenoxy) is 1. The number of amides is 1. The minimum Gasteiger partial charge on any atom is -0.467 e. The predicted molar refractivity (Wildman–Crippen MR) is 95.0 cm³/mol. The fraction of sp³-hybridized carbons (Fsp3) is 0.471. The molecule has 0 radical (unpaired) electrons. The number of hydrogen-bond donors (Lipinski definition) is 2. The van der Waals surface area contributed by atoms with E-state index in [-0.39, 0.29) is 17.6 Å². The Balaban J connectivity index is 1.96. The number of methoxy groups -OCH3 is 1. The van der Waals surface area contributed by atoms with Crippen molar-refractivity contribution in [3.63, 3.8) is 0 Å². The van der Waals surface area contributed by atoms with Crippen LogP contribution in [0, 0.1) is 12.8 Å². The molecule has 1 heterocycles. The van der Waals surface area contributed by atoms with Gasteiger partial charge in [-0.05, 0) is 30.5 Å². The van der Waals surface area contributed by atoms with Gasteiger partial charge in [-0.1, -0.05) is 38.1 Å². The van der Waals surface area contributed by atoms with E-state index in [9.17, 15) is 9.59 Å². The van der Waals surface area contributed by atoms with Crippen LogP contribution in [-0.2, 0) is 14.3 Å². The second kappa shape index (κ2) is 8.19. The number of rotatable bonds is 7. The van der Waals surface area contributed by atoms with Crippen molar-refractivity contribution in [2.75, 3.05) is 12.9 Å². The highest BCUT2D eigenvalue weighted by atomic mass is 32.2. The molecule has 2 rings (SSSR count). The van der Waals surface area contributed by atoms with E-state index >= 15 is 0 Å². The molecule has 1 amide bonds. The molecule has 1 aromatic heterocycles. The van der Waals surface area contributed by atoms with Crippen LogP contribution in [0.15, 0.2) is 23.4 Å². The quantitative estimate of drug-likeness (QED) is 0.593. The highest BCUT2D eigenvalue weighted by molar-refractivity contribution is 7.99. The molecule has 6 nitrogen and oxygen atoms in total. The Kier molecular flexibility index (Phi) is 6.25. The van der Waals surface area contributed by atoms with E-state index in [0.717, 1.165) is 23.0 Å². The Hall–Kier alpha value is -2.02. The summed E-state index contributed by atoms with van der Waals surface area (Å²) in [6, 6.07) is 5.34. The first-order valence-electron chi connectivity index (χ1n) is 7.91. The zero-order chi connectivity index (χ0) is 17.7. The monoisotopic (exact) mass is 349 g/mol. The van der Waals surface area contributed by atoms with Crippen molar-refractivity contribution in [1.29, 1.82) is 0 Å².